The molecule has 1 saturated carbocycles. The van der Waals surface area contributed by atoms with Gasteiger partial charge in [-0.25, -0.2) is 4.79 Å². The van der Waals surface area contributed by atoms with E-state index < -0.39 is 5.97 Å². The Morgan fingerprint density at radius 2 is 2.00 bits per heavy atom. The molecule has 1 amide bonds. The molecule has 0 aliphatic heterocycles. The predicted octanol–water partition coefficient (Wildman–Crippen LogP) is 3.16. The maximum Gasteiger partial charge on any atom is 0.335 e. The van der Waals surface area contributed by atoms with Crippen LogP contribution in [-0.4, -0.2) is 34.5 Å². The highest BCUT2D eigenvalue weighted by Gasteiger charge is 2.36. The number of hydrogen-bond donors (Lipinski definition) is 2. The van der Waals surface area contributed by atoms with Crippen LogP contribution < -0.4 is 5.32 Å². The van der Waals surface area contributed by atoms with Crippen LogP contribution in [0.1, 0.15) is 40.0 Å². The topological polar surface area (TPSA) is 66.4 Å². The molecule has 1 aliphatic rings. The van der Waals surface area contributed by atoms with E-state index in [1.54, 1.807) is 17.8 Å². The van der Waals surface area contributed by atoms with Crippen LogP contribution in [0.2, 0.25) is 0 Å². The Labute approximate surface area is 130 Å². The van der Waals surface area contributed by atoms with Gasteiger partial charge in [0.25, 0.3) is 5.91 Å². The van der Waals surface area contributed by atoms with Crippen molar-refractivity contribution in [1.82, 2.24) is 5.32 Å². The number of aromatic carboxylic acids is 1. The fourth-order valence-corrected chi connectivity index (χ4v) is 3.62. The van der Waals surface area contributed by atoms with Crippen molar-refractivity contribution in [3.8, 4) is 0 Å². The first kappa shape index (κ1) is 15.4. The van der Waals surface area contributed by atoms with Gasteiger partial charge < -0.3 is 10.4 Å². The normalized spacial score (nSPS) is 16.3. The Hall–Kier alpha value is -1.01. The Balaban J connectivity index is 2.07. The van der Waals surface area contributed by atoms with Gasteiger partial charge in [0, 0.05) is 21.3 Å². The van der Waals surface area contributed by atoms with Gasteiger partial charge in [-0.05, 0) is 37.3 Å². The van der Waals surface area contributed by atoms with E-state index >= 15 is 0 Å². The number of thioether (sulfide) groups is 1. The Bertz CT molecular complexity index is 538. The van der Waals surface area contributed by atoms with Crippen LogP contribution in [0, 0.1) is 0 Å². The first-order valence-electron chi connectivity index (χ1n) is 6.33. The van der Waals surface area contributed by atoms with Crippen molar-refractivity contribution in [2.75, 3.05) is 12.8 Å². The number of halogens is 1. The second kappa shape index (κ2) is 6.18. The molecule has 2 N–H and O–H groups in total. The third-order valence-corrected chi connectivity index (χ3v) is 5.55. The first-order valence-corrected chi connectivity index (χ1v) is 8.35. The third kappa shape index (κ3) is 3.35. The molecular weight excluding hydrogens is 342 g/mol. The number of carbonyl (C=O) groups excluding carboxylic acids is 1. The Morgan fingerprint density at radius 3 is 2.50 bits per heavy atom. The van der Waals surface area contributed by atoms with Crippen LogP contribution >= 0.6 is 27.7 Å². The molecule has 0 unspecified atom stereocenters. The summed E-state index contributed by atoms with van der Waals surface area (Å²) in [5.41, 5.74) is 0.472. The van der Waals surface area contributed by atoms with Crippen molar-refractivity contribution < 1.29 is 14.7 Å². The lowest BCUT2D eigenvalue weighted by Crippen LogP contribution is -2.45. The van der Waals surface area contributed by atoms with Crippen molar-refractivity contribution in [2.45, 2.75) is 24.0 Å². The van der Waals surface area contributed by atoms with Gasteiger partial charge in [-0.1, -0.05) is 22.4 Å². The maximum absolute atomic E-state index is 12.1. The summed E-state index contributed by atoms with van der Waals surface area (Å²) in [6, 6.07) is 4.51. The number of nitrogens with one attached hydrogen (secondary N) is 1. The summed E-state index contributed by atoms with van der Waals surface area (Å²) in [7, 11) is 0. The molecule has 6 heteroatoms. The average Bonchev–Trinajstić information content (AvgIpc) is 2.37. The molecule has 2 rings (SSSR count). The summed E-state index contributed by atoms with van der Waals surface area (Å²) in [4.78, 5) is 23.1. The lowest BCUT2D eigenvalue weighted by molar-refractivity contribution is 0.0697. The number of benzene rings is 1. The molecule has 20 heavy (non-hydrogen) atoms. The standard InChI is InChI=1S/C14H16BrNO3S/c1-20-14(3-2-4-14)8-16-12(17)9-5-10(13(18)19)7-11(15)6-9/h5-7H,2-4,8H2,1H3,(H,16,17)(H,18,19). The molecule has 0 radical (unpaired) electrons. The summed E-state index contributed by atoms with van der Waals surface area (Å²) in [6.07, 6.45) is 5.50. The lowest BCUT2D eigenvalue weighted by Gasteiger charge is -2.40. The molecule has 0 heterocycles. The zero-order valence-electron chi connectivity index (χ0n) is 11.1. The van der Waals surface area contributed by atoms with E-state index in [1.807, 2.05) is 0 Å². The molecule has 0 bridgehead atoms. The van der Waals surface area contributed by atoms with E-state index in [9.17, 15) is 9.59 Å². The SMILES string of the molecule is CSC1(CNC(=O)c2cc(Br)cc(C(=O)O)c2)CCC1. The molecule has 0 aromatic heterocycles. The highest BCUT2D eigenvalue weighted by molar-refractivity contribution is 9.10. The van der Waals surface area contributed by atoms with Gasteiger partial charge in [0.05, 0.1) is 5.56 Å². The Kier molecular flexibility index (Phi) is 4.75. The number of amides is 1. The quantitative estimate of drug-likeness (QED) is 0.849. The predicted molar refractivity (Wildman–Crippen MR) is 83.5 cm³/mol. The molecule has 0 atom stereocenters. The van der Waals surface area contributed by atoms with Crippen molar-refractivity contribution in [3.63, 3.8) is 0 Å². The fraction of sp³-hybridized carbons (Fsp3) is 0.429. The molecule has 4 nitrogen and oxygen atoms in total. The zero-order valence-corrected chi connectivity index (χ0v) is 13.5. The third-order valence-electron chi connectivity index (χ3n) is 3.68. The van der Waals surface area contributed by atoms with Crippen LogP contribution in [0.3, 0.4) is 0 Å². The fourth-order valence-electron chi connectivity index (χ4n) is 2.21. The second-order valence-electron chi connectivity index (χ2n) is 4.96. The highest BCUT2D eigenvalue weighted by Crippen LogP contribution is 2.42. The van der Waals surface area contributed by atoms with Crippen molar-refractivity contribution in [3.05, 3.63) is 33.8 Å². The molecule has 1 fully saturated rings. The zero-order chi connectivity index (χ0) is 14.8. The minimum absolute atomic E-state index is 0.104. The number of hydrogen-bond acceptors (Lipinski definition) is 3. The summed E-state index contributed by atoms with van der Waals surface area (Å²) < 4.78 is 0.753. The molecule has 0 saturated heterocycles. The van der Waals surface area contributed by atoms with Crippen molar-refractivity contribution in [2.24, 2.45) is 0 Å². The van der Waals surface area contributed by atoms with Crippen LogP contribution in [0.15, 0.2) is 22.7 Å². The second-order valence-corrected chi connectivity index (χ2v) is 7.15. The number of carboxylic acid groups (broad SMARTS) is 1. The van der Waals surface area contributed by atoms with E-state index in [0.29, 0.717) is 16.6 Å². The van der Waals surface area contributed by atoms with E-state index in [4.69, 9.17) is 5.11 Å². The lowest BCUT2D eigenvalue weighted by atomic mass is 9.84. The molecule has 1 aromatic carbocycles. The summed E-state index contributed by atoms with van der Waals surface area (Å²) in [5.74, 6) is -1.27. The van der Waals surface area contributed by atoms with Crippen molar-refractivity contribution >= 4 is 39.6 Å². The smallest absolute Gasteiger partial charge is 0.335 e. The van der Waals surface area contributed by atoms with E-state index in [2.05, 4.69) is 27.5 Å². The first-order chi connectivity index (χ1) is 9.46. The van der Waals surface area contributed by atoms with E-state index in [1.165, 1.54) is 18.6 Å². The van der Waals surface area contributed by atoms with Gasteiger partial charge in [-0.2, -0.15) is 11.8 Å². The van der Waals surface area contributed by atoms with Gasteiger partial charge >= 0.3 is 5.97 Å². The van der Waals surface area contributed by atoms with E-state index in [0.717, 1.165) is 12.8 Å². The largest absolute Gasteiger partial charge is 0.478 e. The van der Waals surface area contributed by atoms with Crippen molar-refractivity contribution in [1.29, 1.82) is 0 Å². The number of carbonyl (C=O) groups is 2. The van der Waals surface area contributed by atoms with Crippen LogP contribution in [-0.2, 0) is 0 Å². The molecular formula is C14H16BrNO3S. The minimum Gasteiger partial charge on any atom is -0.478 e. The summed E-state index contributed by atoms with van der Waals surface area (Å²) in [5, 5.41) is 11.9. The molecule has 1 aromatic rings. The van der Waals surface area contributed by atoms with Gasteiger partial charge in [0.2, 0.25) is 0 Å². The highest BCUT2D eigenvalue weighted by atomic mass is 79.9. The van der Waals surface area contributed by atoms with Crippen LogP contribution in [0.4, 0.5) is 0 Å². The van der Waals surface area contributed by atoms with Gasteiger partial charge in [0.1, 0.15) is 0 Å². The molecule has 0 spiro atoms. The summed E-state index contributed by atoms with van der Waals surface area (Å²) >= 11 is 5.02. The van der Waals surface area contributed by atoms with Crippen LogP contribution in [0.25, 0.3) is 0 Å². The van der Waals surface area contributed by atoms with Gasteiger partial charge in [0.15, 0.2) is 0 Å². The number of rotatable bonds is 5. The van der Waals surface area contributed by atoms with Gasteiger partial charge in [-0.15, -0.1) is 0 Å². The maximum atomic E-state index is 12.1. The average molecular weight is 358 g/mol. The Morgan fingerprint density at radius 1 is 1.35 bits per heavy atom. The van der Waals surface area contributed by atoms with Gasteiger partial charge in [-0.3, -0.25) is 4.79 Å². The van der Waals surface area contributed by atoms with E-state index in [-0.39, 0.29) is 16.2 Å². The van der Waals surface area contributed by atoms with Crippen LogP contribution in [0.5, 0.6) is 0 Å². The minimum atomic E-state index is -1.04. The summed E-state index contributed by atoms with van der Waals surface area (Å²) in [6.45, 7) is 0.627. The molecule has 108 valence electrons. The molecule has 1 aliphatic carbocycles. The number of carboxylic acids is 1. The monoisotopic (exact) mass is 357 g/mol.